The standard InChI is InChI=1S/C14H13ClN2O3/c1-9-6-17(16-13(9)8-18)7-10-3-4-11(12(15)5-10)14(19)20-2/h3-6,8H,7H2,1-2H3. The largest absolute Gasteiger partial charge is 0.465 e. The fourth-order valence-electron chi connectivity index (χ4n) is 1.85. The van der Waals surface area contributed by atoms with E-state index in [2.05, 4.69) is 9.84 Å². The van der Waals surface area contributed by atoms with E-state index >= 15 is 0 Å². The van der Waals surface area contributed by atoms with Gasteiger partial charge in [-0.05, 0) is 30.2 Å². The molecule has 0 aliphatic rings. The number of esters is 1. The summed E-state index contributed by atoms with van der Waals surface area (Å²) in [6.45, 7) is 2.29. The van der Waals surface area contributed by atoms with Crippen LogP contribution in [0.15, 0.2) is 24.4 Å². The average Bonchev–Trinajstić information content (AvgIpc) is 2.78. The summed E-state index contributed by atoms with van der Waals surface area (Å²) in [6, 6.07) is 5.07. The predicted octanol–water partition coefficient (Wildman–Crippen LogP) is 2.49. The number of ether oxygens (including phenoxy) is 1. The molecule has 0 bridgehead atoms. The summed E-state index contributed by atoms with van der Waals surface area (Å²) in [4.78, 5) is 22.2. The maximum atomic E-state index is 11.4. The highest BCUT2D eigenvalue weighted by Gasteiger charge is 2.11. The van der Waals surface area contributed by atoms with E-state index in [0.29, 0.717) is 22.8 Å². The minimum Gasteiger partial charge on any atom is -0.465 e. The number of methoxy groups -OCH3 is 1. The molecule has 0 saturated carbocycles. The molecule has 0 unspecified atom stereocenters. The second-order valence-electron chi connectivity index (χ2n) is 4.32. The molecule has 2 rings (SSSR count). The molecule has 5 nitrogen and oxygen atoms in total. The summed E-state index contributed by atoms with van der Waals surface area (Å²) in [5.41, 5.74) is 2.44. The van der Waals surface area contributed by atoms with Crippen LogP contribution >= 0.6 is 11.6 Å². The lowest BCUT2D eigenvalue weighted by molar-refractivity contribution is 0.0601. The van der Waals surface area contributed by atoms with Gasteiger partial charge >= 0.3 is 5.97 Å². The number of aldehydes is 1. The highest BCUT2D eigenvalue weighted by molar-refractivity contribution is 6.33. The summed E-state index contributed by atoms with van der Waals surface area (Å²) in [7, 11) is 1.31. The molecule has 1 heterocycles. The van der Waals surface area contributed by atoms with Crippen molar-refractivity contribution >= 4 is 23.9 Å². The van der Waals surface area contributed by atoms with E-state index in [9.17, 15) is 9.59 Å². The molecule has 0 spiro atoms. The zero-order valence-corrected chi connectivity index (χ0v) is 11.8. The lowest BCUT2D eigenvalue weighted by atomic mass is 10.1. The molecular formula is C14H13ClN2O3. The van der Waals surface area contributed by atoms with Crippen LogP contribution in [0.5, 0.6) is 0 Å². The van der Waals surface area contributed by atoms with Gasteiger partial charge in [0.15, 0.2) is 6.29 Å². The van der Waals surface area contributed by atoms with Crippen LogP contribution in [0, 0.1) is 6.92 Å². The number of benzene rings is 1. The van der Waals surface area contributed by atoms with Gasteiger partial charge in [-0.1, -0.05) is 17.7 Å². The molecule has 0 radical (unpaired) electrons. The normalized spacial score (nSPS) is 10.3. The van der Waals surface area contributed by atoms with Crippen LogP contribution in [-0.2, 0) is 11.3 Å². The van der Waals surface area contributed by atoms with Crippen molar-refractivity contribution in [1.29, 1.82) is 0 Å². The molecule has 0 N–H and O–H groups in total. The Labute approximate surface area is 121 Å². The Kier molecular flexibility index (Phi) is 4.20. The zero-order chi connectivity index (χ0) is 14.7. The van der Waals surface area contributed by atoms with E-state index < -0.39 is 5.97 Å². The van der Waals surface area contributed by atoms with E-state index in [0.717, 1.165) is 17.4 Å². The van der Waals surface area contributed by atoms with Crippen molar-refractivity contribution in [2.45, 2.75) is 13.5 Å². The third-order valence-electron chi connectivity index (χ3n) is 2.88. The molecule has 0 amide bonds. The molecule has 0 atom stereocenters. The molecule has 0 aliphatic heterocycles. The highest BCUT2D eigenvalue weighted by atomic mass is 35.5. The van der Waals surface area contributed by atoms with Crippen molar-refractivity contribution in [2.75, 3.05) is 7.11 Å². The van der Waals surface area contributed by atoms with E-state index in [1.165, 1.54) is 7.11 Å². The maximum absolute atomic E-state index is 11.4. The summed E-state index contributed by atoms with van der Waals surface area (Å²) in [6.07, 6.45) is 2.50. The van der Waals surface area contributed by atoms with E-state index in [1.54, 1.807) is 29.1 Å². The first-order chi connectivity index (χ1) is 9.55. The number of carbonyl (C=O) groups is 2. The number of rotatable bonds is 4. The number of nitrogens with zero attached hydrogens (tertiary/aromatic N) is 2. The molecule has 1 aromatic heterocycles. The highest BCUT2D eigenvalue weighted by Crippen LogP contribution is 2.19. The summed E-state index contributed by atoms with van der Waals surface area (Å²) in [5.74, 6) is -0.472. The van der Waals surface area contributed by atoms with Gasteiger partial charge in [0.1, 0.15) is 5.69 Å². The Hall–Kier alpha value is -2.14. The molecular weight excluding hydrogens is 280 g/mol. The van der Waals surface area contributed by atoms with Crippen molar-refractivity contribution in [1.82, 2.24) is 9.78 Å². The summed E-state index contributed by atoms with van der Waals surface area (Å²) in [5, 5.41) is 4.47. The van der Waals surface area contributed by atoms with Crippen molar-refractivity contribution in [3.63, 3.8) is 0 Å². The van der Waals surface area contributed by atoms with Gasteiger partial charge in [-0.15, -0.1) is 0 Å². The van der Waals surface area contributed by atoms with Gasteiger partial charge in [-0.2, -0.15) is 5.10 Å². The van der Waals surface area contributed by atoms with Crippen LogP contribution in [0.2, 0.25) is 5.02 Å². The van der Waals surface area contributed by atoms with Crippen LogP contribution in [-0.4, -0.2) is 29.1 Å². The third kappa shape index (κ3) is 2.88. The van der Waals surface area contributed by atoms with Crippen molar-refractivity contribution in [2.24, 2.45) is 0 Å². The van der Waals surface area contributed by atoms with E-state index in [1.807, 2.05) is 6.92 Å². The zero-order valence-electron chi connectivity index (χ0n) is 11.1. The summed E-state index contributed by atoms with van der Waals surface area (Å²) >= 11 is 6.05. The quantitative estimate of drug-likeness (QED) is 0.641. The Morgan fingerprint density at radius 2 is 2.25 bits per heavy atom. The van der Waals surface area contributed by atoms with Crippen LogP contribution in [0.1, 0.15) is 32.0 Å². The van der Waals surface area contributed by atoms with Crippen molar-refractivity contribution in [3.8, 4) is 0 Å². The van der Waals surface area contributed by atoms with Gasteiger partial charge in [0.2, 0.25) is 0 Å². The second kappa shape index (κ2) is 5.88. The number of halogens is 1. The maximum Gasteiger partial charge on any atom is 0.339 e. The van der Waals surface area contributed by atoms with E-state index in [4.69, 9.17) is 11.6 Å². The Morgan fingerprint density at radius 3 is 2.80 bits per heavy atom. The molecule has 2 aromatic rings. The molecule has 0 fully saturated rings. The molecule has 0 aliphatic carbocycles. The van der Waals surface area contributed by atoms with Gasteiger partial charge in [0, 0.05) is 6.20 Å². The summed E-state index contributed by atoms with van der Waals surface area (Å²) < 4.78 is 6.28. The number of hydrogen-bond donors (Lipinski definition) is 0. The number of aromatic nitrogens is 2. The fraction of sp³-hybridized carbons (Fsp3) is 0.214. The van der Waals surface area contributed by atoms with Crippen molar-refractivity contribution < 1.29 is 14.3 Å². The van der Waals surface area contributed by atoms with Gasteiger partial charge in [-0.3, -0.25) is 9.48 Å². The average molecular weight is 293 g/mol. The molecule has 6 heteroatoms. The molecule has 104 valence electrons. The van der Waals surface area contributed by atoms with E-state index in [-0.39, 0.29) is 0 Å². The van der Waals surface area contributed by atoms with Crippen LogP contribution < -0.4 is 0 Å². The Balaban J connectivity index is 2.23. The number of hydrogen-bond acceptors (Lipinski definition) is 4. The smallest absolute Gasteiger partial charge is 0.339 e. The molecule has 0 saturated heterocycles. The SMILES string of the molecule is COC(=O)c1ccc(Cn2cc(C)c(C=O)n2)cc1Cl. The Morgan fingerprint density at radius 1 is 1.50 bits per heavy atom. The Bertz CT molecular complexity index is 664. The number of aryl methyl sites for hydroxylation is 1. The fourth-order valence-corrected chi connectivity index (χ4v) is 2.13. The van der Waals surface area contributed by atoms with Gasteiger partial charge in [0.25, 0.3) is 0 Å². The lowest BCUT2D eigenvalue weighted by Gasteiger charge is -2.06. The predicted molar refractivity (Wildman–Crippen MR) is 74.2 cm³/mol. The minimum absolute atomic E-state index is 0.322. The minimum atomic E-state index is -0.472. The van der Waals surface area contributed by atoms with Crippen LogP contribution in [0.3, 0.4) is 0 Å². The first-order valence-electron chi connectivity index (χ1n) is 5.91. The second-order valence-corrected chi connectivity index (χ2v) is 4.73. The van der Waals surface area contributed by atoms with Gasteiger partial charge in [-0.25, -0.2) is 4.79 Å². The van der Waals surface area contributed by atoms with Crippen molar-refractivity contribution in [3.05, 3.63) is 51.8 Å². The monoisotopic (exact) mass is 292 g/mol. The lowest BCUT2D eigenvalue weighted by Crippen LogP contribution is -2.05. The first-order valence-corrected chi connectivity index (χ1v) is 6.29. The molecule has 20 heavy (non-hydrogen) atoms. The topological polar surface area (TPSA) is 61.2 Å². The van der Waals surface area contributed by atoms with Gasteiger partial charge < -0.3 is 4.74 Å². The third-order valence-corrected chi connectivity index (χ3v) is 3.19. The van der Waals surface area contributed by atoms with Gasteiger partial charge in [0.05, 0.1) is 24.2 Å². The van der Waals surface area contributed by atoms with Crippen LogP contribution in [0.25, 0.3) is 0 Å². The number of carbonyl (C=O) groups excluding carboxylic acids is 2. The van der Waals surface area contributed by atoms with Crippen LogP contribution in [0.4, 0.5) is 0 Å². The first kappa shape index (κ1) is 14.3. The molecule has 1 aromatic carbocycles.